The van der Waals surface area contributed by atoms with Crippen LogP contribution < -0.4 is 0 Å². The summed E-state index contributed by atoms with van der Waals surface area (Å²) in [5.74, 6) is -0.251. The molecule has 0 amide bonds. The molecule has 0 aromatic heterocycles. The van der Waals surface area contributed by atoms with Gasteiger partial charge in [0.1, 0.15) is 5.82 Å². The zero-order valence-corrected chi connectivity index (χ0v) is 11.7. The average Bonchev–Trinajstić information content (AvgIpc) is 2.30. The normalized spacial score (nSPS) is 15.4. The molecule has 0 aliphatic heterocycles. The molecule has 0 spiro atoms. The van der Waals surface area contributed by atoms with Crippen LogP contribution in [0.15, 0.2) is 24.3 Å². The Morgan fingerprint density at radius 3 is 2.17 bits per heavy atom. The Balaban J connectivity index is 2.56. The summed E-state index contributed by atoms with van der Waals surface area (Å²) in [5.41, 5.74) is -0.0860. The lowest BCUT2D eigenvalue weighted by Gasteiger charge is -2.29. The molecule has 0 saturated heterocycles. The highest BCUT2D eigenvalue weighted by Gasteiger charge is 2.26. The molecule has 1 unspecified atom stereocenters. The summed E-state index contributed by atoms with van der Waals surface area (Å²) in [4.78, 5) is 0. The Bertz CT molecular complexity index is 369. The second-order valence-corrected chi connectivity index (χ2v) is 5.76. The number of hydrogen-bond acceptors (Lipinski definition) is 2. The average molecular weight is 254 g/mol. The van der Waals surface area contributed by atoms with Gasteiger partial charge in [-0.1, -0.05) is 12.1 Å². The molecule has 18 heavy (non-hydrogen) atoms. The van der Waals surface area contributed by atoms with Crippen LogP contribution >= 0.6 is 0 Å². The summed E-state index contributed by atoms with van der Waals surface area (Å²) in [7, 11) is 1.68. The van der Waals surface area contributed by atoms with E-state index in [9.17, 15) is 9.50 Å². The molecule has 0 aliphatic carbocycles. The van der Waals surface area contributed by atoms with Crippen molar-refractivity contribution >= 4 is 0 Å². The second kappa shape index (κ2) is 5.81. The number of hydrogen-bond donors (Lipinski definition) is 1. The maximum Gasteiger partial charge on any atom is 0.123 e. The van der Waals surface area contributed by atoms with Crippen LogP contribution in [0.1, 0.15) is 39.2 Å². The number of methoxy groups -OCH3 is 1. The molecule has 0 heterocycles. The lowest BCUT2D eigenvalue weighted by Crippen LogP contribution is -2.32. The monoisotopic (exact) mass is 254 g/mol. The molecule has 1 N–H and O–H groups in total. The topological polar surface area (TPSA) is 29.5 Å². The van der Waals surface area contributed by atoms with Gasteiger partial charge in [0, 0.05) is 13.5 Å². The summed E-state index contributed by atoms with van der Waals surface area (Å²) in [6.45, 7) is 5.81. The van der Waals surface area contributed by atoms with Gasteiger partial charge in [0.2, 0.25) is 0 Å². The van der Waals surface area contributed by atoms with Crippen molar-refractivity contribution in [1.82, 2.24) is 0 Å². The van der Waals surface area contributed by atoms with Gasteiger partial charge in [0.25, 0.3) is 0 Å². The summed E-state index contributed by atoms with van der Waals surface area (Å²) in [6.07, 6.45) is 1.94. The Morgan fingerprint density at radius 2 is 1.67 bits per heavy atom. The molecule has 1 aromatic carbocycles. The van der Waals surface area contributed by atoms with Crippen molar-refractivity contribution in [2.75, 3.05) is 7.11 Å². The molecule has 1 atom stereocenters. The smallest absolute Gasteiger partial charge is 0.123 e. The molecular weight excluding hydrogens is 231 g/mol. The van der Waals surface area contributed by atoms with Gasteiger partial charge in [-0.05, 0) is 51.3 Å². The van der Waals surface area contributed by atoms with E-state index >= 15 is 0 Å². The van der Waals surface area contributed by atoms with Crippen molar-refractivity contribution in [3.8, 4) is 0 Å². The summed E-state index contributed by atoms with van der Waals surface area (Å²) in [6, 6.07) is 6.27. The fourth-order valence-corrected chi connectivity index (χ4v) is 1.80. The third kappa shape index (κ3) is 5.15. The zero-order valence-electron chi connectivity index (χ0n) is 11.7. The molecule has 0 bridgehead atoms. The quantitative estimate of drug-likeness (QED) is 0.843. The fraction of sp³-hybridized carbons (Fsp3) is 0.600. The largest absolute Gasteiger partial charge is 0.390 e. The van der Waals surface area contributed by atoms with Crippen LogP contribution in [0.2, 0.25) is 0 Å². The predicted molar refractivity (Wildman–Crippen MR) is 71.0 cm³/mol. The summed E-state index contributed by atoms with van der Waals surface area (Å²) in [5, 5.41) is 10.3. The van der Waals surface area contributed by atoms with E-state index in [1.165, 1.54) is 12.1 Å². The second-order valence-electron chi connectivity index (χ2n) is 5.76. The van der Waals surface area contributed by atoms with Crippen molar-refractivity contribution in [3.05, 3.63) is 35.6 Å². The first-order valence-corrected chi connectivity index (χ1v) is 6.26. The molecule has 102 valence electrons. The first-order chi connectivity index (χ1) is 8.24. The molecular formula is C15H23FO2. The molecule has 0 radical (unpaired) electrons. The molecule has 2 nitrogen and oxygen atoms in total. The Morgan fingerprint density at radius 1 is 1.11 bits per heavy atom. The van der Waals surface area contributed by atoms with Gasteiger partial charge in [0.15, 0.2) is 0 Å². The van der Waals surface area contributed by atoms with Gasteiger partial charge in [-0.3, -0.25) is 0 Å². The Kier molecular flexibility index (Phi) is 4.88. The van der Waals surface area contributed by atoms with Crippen LogP contribution in [0.3, 0.4) is 0 Å². The van der Waals surface area contributed by atoms with Crippen LogP contribution in [0.5, 0.6) is 0 Å². The van der Waals surface area contributed by atoms with Crippen LogP contribution in [-0.4, -0.2) is 23.4 Å². The molecule has 0 saturated carbocycles. The SMILES string of the molecule is COC(C)(C)CCC(C)(O)Cc1ccc(F)cc1. The van der Waals surface area contributed by atoms with Gasteiger partial charge in [0.05, 0.1) is 11.2 Å². The van der Waals surface area contributed by atoms with Crippen molar-refractivity contribution < 1.29 is 14.2 Å². The predicted octanol–water partition coefficient (Wildman–Crippen LogP) is 3.32. The van der Waals surface area contributed by atoms with Crippen LogP contribution in [-0.2, 0) is 11.2 Å². The lowest BCUT2D eigenvalue weighted by molar-refractivity contribution is -0.0189. The molecule has 0 aliphatic rings. The highest BCUT2D eigenvalue weighted by molar-refractivity contribution is 5.17. The van der Waals surface area contributed by atoms with Gasteiger partial charge in [-0.2, -0.15) is 0 Å². The third-order valence-corrected chi connectivity index (χ3v) is 3.32. The van der Waals surface area contributed by atoms with Gasteiger partial charge >= 0.3 is 0 Å². The Hall–Kier alpha value is -0.930. The molecule has 3 heteroatoms. The number of benzene rings is 1. The van der Waals surface area contributed by atoms with Gasteiger partial charge in [-0.25, -0.2) is 4.39 Å². The highest BCUT2D eigenvalue weighted by atomic mass is 19.1. The molecule has 1 aromatic rings. The lowest BCUT2D eigenvalue weighted by atomic mass is 9.88. The molecule has 1 rings (SSSR count). The number of rotatable bonds is 6. The maximum absolute atomic E-state index is 12.8. The summed E-state index contributed by atoms with van der Waals surface area (Å²) >= 11 is 0. The van der Waals surface area contributed by atoms with E-state index in [0.717, 1.165) is 12.0 Å². The van der Waals surface area contributed by atoms with E-state index in [4.69, 9.17) is 4.74 Å². The first-order valence-electron chi connectivity index (χ1n) is 6.26. The van der Waals surface area contributed by atoms with Crippen molar-refractivity contribution in [2.24, 2.45) is 0 Å². The standard InChI is InChI=1S/C15H23FO2/c1-14(2,18-4)9-10-15(3,17)11-12-5-7-13(16)8-6-12/h5-8,17H,9-11H2,1-4H3. The number of halogens is 1. The first kappa shape index (κ1) is 15.1. The highest BCUT2D eigenvalue weighted by Crippen LogP contribution is 2.24. The van der Waals surface area contributed by atoms with Crippen LogP contribution in [0, 0.1) is 5.82 Å². The zero-order chi connectivity index (χ0) is 13.8. The van der Waals surface area contributed by atoms with Gasteiger partial charge < -0.3 is 9.84 Å². The fourth-order valence-electron chi connectivity index (χ4n) is 1.80. The van der Waals surface area contributed by atoms with Crippen LogP contribution in [0.25, 0.3) is 0 Å². The van der Waals surface area contributed by atoms with E-state index < -0.39 is 5.60 Å². The minimum absolute atomic E-state index is 0.229. The van der Waals surface area contributed by atoms with E-state index in [1.54, 1.807) is 19.2 Å². The van der Waals surface area contributed by atoms with E-state index in [2.05, 4.69) is 0 Å². The Labute approximate surface area is 109 Å². The number of ether oxygens (including phenoxy) is 1. The third-order valence-electron chi connectivity index (χ3n) is 3.32. The van der Waals surface area contributed by atoms with Crippen LogP contribution in [0.4, 0.5) is 4.39 Å². The summed E-state index contributed by atoms with van der Waals surface area (Å²) < 4.78 is 18.1. The van der Waals surface area contributed by atoms with Crippen molar-refractivity contribution in [2.45, 2.75) is 51.2 Å². The van der Waals surface area contributed by atoms with Crippen molar-refractivity contribution in [3.63, 3.8) is 0 Å². The molecule has 0 fully saturated rings. The maximum atomic E-state index is 12.8. The number of aliphatic hydroxyl groups is 1. The van der Waals surface area contributed by atoms with E-state index in [0.29, 0.717) is 12.8 Å². The van der Waals surface area contributed by atoms with Crippen molar-refractivity contribution in [1.29, 1.82) is 0 Å². The minimum atomic E-state index is -0.798. The minimum Gasteiger partial charge on any atom is -0.390 e. The van der Waals surface area contributed by atoms with E-state index in [-0.39, 0.29) is 11.4 Å². The van der Waals surface area contributed by atoms with E-state index in [1.807, 2.05) is 20.8 Å². The van der Waals surface area contributed by atoms with Gasteiger partial charge in [-0.15, -0.1) is 0 Å².